The summed E-state index contributed by atoms with van der Waals surface area (Å²) in [6, 6.07) is 0. The van der Waals surface area contributed by atoms with Crippen LogP contribution in [0.25, 0.3) is 0 Å². The molecule has 2 aliphatic rings. The van der Waals surface area contributed by atoms with Crippen molar-refractivity contribution in [2.24, 2.45) is 22.1 Å². The van der Waals surface area contributed by atoms with E-state index in [-0.39, 0.29) is 16.7 Å². The van der Waals surface area contributed by atoms with Gasteiger partial charge in [-0.1, -0.05) is 20.8 Å². The number of fused-ring (bicyclic) bond motifs is 2. The molecule has 4 N–H and O–H groups in total. The number of amides is 1. The van der Waals surface area contributed by atoms with E-state index < -0.39 is 11.5 Å². The second kappa shape index (κ2) is 2.74. The molecule has 3 unspecified atom stereocenters. The van der Waals surface area contributed by atoms with E-state index in [1.165, 1.54) is 0 Å². The van der Waals surface area contributed by atoms with Gasteiger partial charge >= 0.3 is 0 Å². The maximum atomic E-state index is 11.9. The molecule has 1 amide bonds. The van der Waals surface area contributed by atoms with Gasteiger partial charge in [0.15, 0.2) is 0 Å². The van der Waals surface area contributed by atoms with E-state index in [2.05, 4.69) is 26.2 Å². The highest BCUT2D eigenvalue weighted by Crippen LogP contribution is 2.72. The molecule has 86 valence electrons. The first kappa shape index (κ1) is 10.9. The van der Waals surface area contributed by atoms with Crippen molar-refractivity contribution in [1.82, 2.24) is 5.43 Å². The molecule has 0 saturated heterocycles. The minimum Gasteiger partial charge on any atom is -0.393 e. The zero-order valence-electron chi connectivity index (χ0n) is 9.63. The maximum Gasteiger partial charge on any atom is 0.240 e. The SMILES string of the molecule is CC12CCC(C(=O)NN)(CC1O)C2(C)C. The number of carbonyl (C=O) groups is 1. The van der Waals surface area contributed by atoms with Gasteiger partial charge < -0.3 is 5.11 Å². The molecule has 0 aromatic carbocycles. The Kier molecular flexibility index (Phi) is 1.99. The monoisotopic (exact) mass is 212 g/mol. The van der Waals surface area contributed by atoms with Crippen LogP contribution in [0.4, 0.5) is 0 Å². The lowest BCUT2D eigenvalue weighted by atomic mass is 9.64. The topological polar surface area (TPSA) is 75.4 Å². The number of rotatable bonds is 1. The molecule has 0 radical (unpaired) electrons. The summed E-state index contributed by atoms with van der Waals surface area (Å²) in [6.45, 7) is 6.23. The van der Waals surface area contributed by atoms with Crippen LogP contribution < -0.4 is 11.3 Å². The fourth-order valence-electron chi connectivity index (χ4n) is 3.77. The quantitative estimate of drug-likeness (QED) is 0.337. The van der Waals surface area contributed by atoms with Crippen molar-refractivity contribution in [1.29, 1.82) is 0 Å². The summed E-state index contributed by atoms with van der Waals surface area (Å²) >= 11 is 0. The molecule has 0 heterocycles. The van der Waals surface area contributed by atoms with Gasteiger partial charge in [-0.25, -0.2) is 5.84 Å². The molecule has 0 aromatic rings. The Morgan fingerprint density at radius 2 is 2.00 bits per heavy atom. The predicted molar refractivity (Wildman–Crippen MR) is 56.5 cm³/mol. The average molecular weight is 212 g/mol. The van der Waals surface area contributed by atoms with E-state index in [4.69, 9.17) is 5.84 Å². The van der Waals surface area contributed by atoms with Crippen LogP contribution in [0.15, 0.2) is 0 Å². The first-order valence-corrected chi connectivity index (χ1v) is 5.51. The lowest BCUT2D eigenvalue weighted by molar-refractivity contribution is -0.136. The number of hydrazine groups is 1. The fraction of sp³-hybridized carbons (Fsp3) is 0.909. The van der Waals surface area contributed by atoms with Crippen LogP contribution in [-0.2, 0) is 4.79 Å². The number of aliphatic hydroxyl groups is 1. The van der Waals surface area contributed by atoms with Crippen LogP contribution in [-0.4, -0.2) is 17.1 Å². The maximum absolute atomic E-state index is 11.9. The largest absolute Gasteiger partial charge is 0.393 e. The second-order valence-corrected chi connectivity index (χ2v) is 5.82. The first-order chi connectivity index (χ1) is 6.82. The normalized spacial score (nSPS) is 46.9. The van der Waals surface area contributed by atoms with Crippen molar-refractivity contribution >= 4 is 5.91 Å². The van der Waals surface area contributed by atoms with Crippen molar-refractivity contribution in [2.45, 2.75) is 46.1 Å². The zero-order valence-corrected chi connectivity index (χ0v) is 9.63. The summed E-state index contributed by atoms with van der Waals surface area (Å²) in [5.41, 5.74) is 1.45. The van der Waals surface area contributed by atoms with Crippen molar-refractivity contribution < 1.29 is 9.90 Å². The van der Waals surface area contributed by atoms with Gasteiger partial charge in [-0.3, -0.25) is 10.2 Å². The molecular formula is C11H20N2O2. The third-order valence-electron chi connectivity index (χ3n) is 5.54. The van der Waals surface area contributed by atoms with E-state index in [0.29, 0.717) is 6.42 Å². The highest BCUT2D eigenvalue weighted by Gasteiger charge is 2.72. The first-order valence-electron chi connectivity index (χ1n) is 5.51. The minimum absolute atomic E-state index is 0.118. The number of hydrogen-bond donors (Lipinski definition) is 3. The molecule has 0 aromatic heterocycles. The van der Waals surface area contributed by atoms with E-state index in [1.54, 1.807) is 0 Å². The molecule has 2 saturated carbocycles. The number of carbonyl (C=O) groups excluding carboxylic acids is 1. The fourth-order valence-corrected chi connectivity index (χ4v) is 3.77. The van der Waals surface area contributed by atoms with Crippen LogP contribution in [0.2, 0.25) is 0 Å². The van der Waals surface area contributed by atoms with Crippen LogP contribution in [0.5, 0.6) is 0 Å². The van der Waals surface area contributed by atoms with Crippen molar-refractivity contribution in [3.05, 3.63) is 0 Å². The van der Waals surface area contributed by atoms with Crippen LogP contribution in [0.1, 0.15) is 40.0 Å². The van der Waals surface area contributed by atoms with Crippen molar-refractivity contribution in [2.75, 3.05) is 0 Å². The Balaban J connectivity index is 2.49. The summed E-state index contributed by atoms with van der Waals surface area (Å²) < 4.78 is 0. The Hall–Kier alpha value is -0.610. The Morgan fingerprint density at radius 3 is 2.33 bits per heavy atom. The van der Waals surface area contributed by atoms with Crippen molar-refractivity contribution in [3.8, 4) is 0 Å². The molecule has 4 nitrogen and oxygen atoms in total. The van der Waals surface area contributed by atoms with Gasteiger partial charge in [0.25, 0.3) is 0 Å². The lowest BCUT2D eigenvalue weighted by Crippen LogP contribution is -2.48. The molecule has 2 aliphatic carbocycles. The van der Waals surface area contributed by atoms with Gasteiger partial charge in [0, 0.05) is 0 Å². The minimum atomic E-state index is -0.476. The third kappa shape index (κ3) is 0.923. The molecule has 2 bridgehead atoms. The molecule has 0 spiro atoms. The van der Waals surface area contributed by atoms with E-state index >= 15 is 0 Å². The molecule has 4 heteroatoms. The average Bonchev–Trinajstić information content (AvgIpc) is 2.47. The number of aliphatic hydroxyl groups excluding tert-OH is 1. The lowest BCUT2D eigenvalue weighted by Gasteiger charge is -2.39. The van der Waals surface area contributed by atoms with E-state index in [0.717, 1.165) is 12.8 Å². The van der Waals surface area contributed by atoms with E-state index in [9.17, 15) is 9.90 Å². The van der Waals surface area contributed by atoms with Crippen LogP contribution >= 0.6 is 0 Å². The molecule has 2 rings (SSSR count). The van der Waals surface area contributed by atoms with Gasteiger partial charge in [0.05, 0.1) is 11.5 Å². The Labute approximate surface area is 90.2 Å². The number of nitrogens with one attached hydrogen (secondary N) is 1. The van der Waals surface area contributed by atoms with Crippen molar-refractivity contribution in [3.63, 3.8) is 0 Å². The van der Waals surface area contributed by atoms with Gasteiger partial charge in [-0.2, -0.15) is 0 Å². The molecule has 0 aliphatic heterocycles. The summed E-state index contributed by atoms with van der Waals surface area (Å²) in [4.78, 5) is 11.9. The van der Waals surface area contributed by atoms with Gasteiger partial charge in [0.1, 0.15) is 0 Å². The third-order valence-corrected chi connectivity index (χ3v) is 5.54. The van der Waals surface area contributed by atoms with Gasteiger partial charge in [0.2, 0.25) is 5.91 Å². The molecular weight excluding hydrogens is 192 g/mol. The molecule has 2 fully saturated rings. The smallest absolute Gasteiger partial charge is 0.240 e. The number of hydrogen-bond acceptors (Lipinski definition) is 3. The predicted octanol–water partition coefficient (Wildman–Crippen LogP) is 0.554. The Bertz CT molecular complexity index is 316. The highest BCUT2D eigenvalue weighted by molar-refractivity contribution is 5.84. The standard InChI is InChI=1S/C11H20N2O2/c1-9(2)10(3)4-5-11(9,6-7(10)14)8(15)13-12/h7,14H,4-6,12H2,1-3H3,(H,13,15). The number of nitrogens with two attached hydrogens (primary N) is 1. The molecule has 3 atom stereocenters. The summed E-state index contributed by atoms with van der Waals surface area (Å²) in [5, 5.41) is 10.1. The van der Waals surface area contributed by atoms with Crippen LogP contribution in [0.3, 0.4) is 0 Å². The summed E-state index contributed by atoms with van der Waals surface area (Å²) in [5.74, 6) is 5.14. The highest BCUT2D eigenvalue weighted by atomic mass is 16.3. The van der Waals surface area contributed by atoms with Gasteiger partial charge in [-0.15, -0.1) is 0 Å². The second-order valence-electron chi connectivity index (χ2n) is 5.82. The van der Waals surface area contributed by atoms with Gasteiger partial charge in [-0.05, 0) is 30.1 Å². The van der Waals surface area contributed by atoms with E-state index in [1.807, 2.05) is 0 Å². The summed E-state index contributed by atoms with van der Waals surface area (Å²) in [6.07, 6.45) is 1.88. The Morgan fingerprint density at radius 1 is 1.40 bits per heavy atom. The van der Waals surface area contributed by atoms with Crippen LogP contribution in [0, 0.1) is 16.2 Å². The summed E-state index contributed by atoms with van der Waals surface area (Å²) in [7, 11) is 0. The zero-order chi connectivity index (χ0) is 11.5. The molecule has 15 heavy (non-hydrogen) atoms.